The summed E-state index contributed by atoms with van der Waals surface area (Å²) >= 11 is 0. The molecule has 1 saturated carbocycles. The van der Waals surface area contributed by atoms with Crippen LogP contribution < -0.4 is 21.3 Å². The fourth-order valence-electron chi connectivity index (χ4n) is 6.24. The van der Waals surface area contributed by atoms with Gasteiger partial charge in [-0.3, -0.25) is 33.8 Å². The molecule has 0 radical (unpaired) electrons. The van der Waals surface area contributed by atoms with Crippen molar-refractivity contribution in [1.82, 2.24) is 36.1 Å². The van der Waals surface area contributed by atoms with Crippen molar-refractivity contribution in [2.45, 2.75) is 131 Å². The number of fused-ring (bicyclic) bond motifs is 1. The summed E-state index contributed by atoms with van der Waals surface area (Å²) in [7, 11) is 0. The topological polar surface area (TPSA) is 180 Å². The lowest BCUT2D eigenvalue weighted by molar-refractivity contribution is -0.141. The number of nitrogens with one attached hydrogen (secondary N) is 4. The van der Waals surface area contributed by atoms with Crippen LogP contribution in [-0.4, -0.2) is 80.9 Å². The number of carbonyl (C=O) groups excluding carboxylic acids is 6. The molecule has 5 amide bonds. The number of rotatable bonds is 16. The lowest BCUT2D eigenvalue weighted by Gasteiger charge is -2.36. The highest BCUT2D eigenvalue weighted by Crippen LogP contribution is 2.41. The Morgan fingerprint density at radius 1 is 0.939 bits per heavy atom. The molecule has 13 nitrogen and oxygen atoms in total. The molecular formula is C36H55N7O6. The van der Waals surface area contributed by atoms with Crippen molar-refractivity contribution in [3.05, 3.63) is 35.6 Å². The van der Waals surface area contributed by atoms with E-state index in [0.717, 1.165) is 31.3 Å². The van der Waals surface area contributed by atoms with Crippen LogP contribution in [0.1, 0.15) is 117 Å². The molecule has 0 bridgehead atoms. The highest BCUT2D eigenvalue weighted by Gasteiger charge is 2.46. The number of hydrogen-bond donors (Lipinski definition) is 4. The quantitative estimate of drug-likeness (QED) is 0.152. The van der Waals surface area contributed by atoms with E-state index < -0.39 is 58.9 Å². The summed E-state index contributed by atoms with van der Waals surface area (Å²) in [6, 6.07) is -3.28. The molecule has 1 aliphatic carbocycles. The normalized spacial score (nSPS) is 18.3. The second kappa shape index (κ2) is 17.5. The zero-order valence-electron chi connectivity index (χ0n) is 30.4. The number of ketones is 1. The molecule has 2 aliphatic rings. The van der Waals surface area contributed by atoms with E-state index in [2.05, 4.69) is 31.2 Å². The molecule has 0 aromatic carbocycles. The summed E-state index contributed by atoms with van der Waals surface area (Å²) in [6.45, 7) is 15.0. The number of carbonyl (C=O) groups is 6. The van der Waals surface area contributed by atoms with E-state index in [1.807, 2.05) is 41.5 Å². The maximum atomic E-state index is 14.5. The van der Waals surface area contributed by atoms with E-state index in [9.17, 15) is 28.8 Å². The largest absolute Gasteiger partial charge is 0.347 e. The first kappa shape index (κ1) is 39.3. The molecule has 0 spiro atoms. The first-order chi connectivity index (χ1) is 23.1. The Labute approximate surface area is 290 Å². The van der Waals surface area contributed by atoms with E-state index in [1.54, 1.807) is 13.8 Å². The second-order valence-electron chi connectivity index (χ2n) is 14.7. The number of Topliss-reactive ketones (excluding diaryl/α,β-unsaturated/α-hetero) is 1. The average Bonchev–Trinajstić information content (AvgIpc) is 3.66. The number of hydrogen-bond acceptors (Lipinski definition) is 8. The van der Waals surface area contributed by atoms with Crippen molar-refractivity contribution < 1.29 is 28.8 Å². The van der Waals surface area contributed by atoms with Crippen LogP contribution in [0.15, 0.2) is 29.9 Å². The molecule has 1 aromatic rings. The highest BCUT2D eigenvalue weighted by molar-refractivity contribution is 6.38. The van der Waals surface area contributed by atoms with Crippen LogP contribution in [0.5, 0.6) is 0 Å². The third-order valence-corrected chi connectivity index (χ3v) is 9.31. The Hall–Kier alpha value is -4.16. The lowest BCUT2D eigenvalue weighted by Crippen LogP contribution is -2.60. The molecule has 13 heteroatoms. The molecule has 3 rings (SSSR count). The molecule has 0 saturated heterocycles. The lowest BCUT2D eigenvalue weighted by atomic mass is 9.85. The molecule has 2 heterocycles. The van der Waals surface area contributed by atoms with Crippen LogP contribution in [0.25, 0.3) is 0 Å². The molecule has 270 valence electrons. The monoisotopic (exact) mass is 681 g/mol. The van der Waals surface area contributed by atoms with Gasteiger partial charge in [0.15, 0.2) is 0 Å². The number of aromatic nitrogens is 2. The summed E-state index contributed by atoms with van der Waals surface area (Å²) in [6.07, 6.45) is 9.75. The smallest absolute Gasteiger partial charge is 0.289 e. The first-order valence-corrected chi connectivity index (χ1v) is 17.7. The minimum atomic E-state index is -1.06. The van der Waals surface area contributed by atoms with Gasteiger partial charge in [0.2, 0.25) is 17.6 Å². The van der Waals surface area contributed by atoms with Crippen LogP contribution in [0.4, 0.5) is 0 Å². The van der Waals surface area contributed by atoms with Crippen molar-refractivity contribution in [2.24, 2.45) is 17.3 Å². The molecule has 1 aliphatic heterocycles. The van der Waals surface area contributed by atoms with Gasteiger partial charge in [0.1, 0.15) is 23.5 Å². The van der Waals surface area contributed by atoms with E-state index >= 15 is 0 Å². The molecule has 49 heavy (non-hydrogen) atoms. The predicted octanol–water partition coefficient (Wildman–Crippen LogP) is 3.21. The van der Waals surface area contributed by atoms with Gasteiger partial charge in [-0.15, -0.1) is 0 Å². The van der Waals surface area contributed by atoms with Crippen molar-refractivity contribution in [3.63, 3.8) is 0 Å². The van der Waals surface area contributed by atoms with Gasteiger partial charge in [-0.25, -0.2) is 4.98 Å². The second-order valence-corrected chi connectivity index (χ2v) is 14.7. The van der Waals surface area contributed by atoms with Crippen LogP contribution in [0.2, 0.25) is 0 Å². The van der Waals surface area contributed by atoms with Gasteiger partial charge < -0.3 is 26.2 Å². The molecular weight excluding hydrogens is 626 g/mol. The Kier molecular flexibility index (Phi) is 14.0. The van der Waals surface area contributed by atoms with Gasteiger partial charge in [-0.1, -0.05) is 67.7 Å². The van der Waals surface area contributed by atoms with Crippen molar-refractivity contribution >= 4 is 35.3 Å². The van der Waals surface area contributed by atoms with Crippen LogP contribution in [-0.2, 0) is 24.0 Å². The van der Waals surface area contributed by atoms with Crippen molar-refractivity contribution in [3.8, 4) is 0 Å². The summed E-state index contributed by atoms with van der Waals surface area (Å²) in [4.78, 5) is 90.7. The minimum Gasteiger partial charge on any atom is -0.347 e. The average molecular weight is 682 g/mol. The molecule has 5 atom stereocenters. The number of amides is 5. The van der Waals surface area contributed by atoms with E-state index in [1.165, 1.54) is 23.5 Å². The van der Waals surface area contributed by atoms with E-state index in [4.69, 9.17) is 0 Å². The third-order valence-electron chi connectivity index (χ3n) is 9.31. The molecule has 4 N–H and O–H groups in total. The highest BCUT2D eigenvalue weighted by atomic mass is 16.2. The molecule has 1 aromatic heterocycles. The van der Waals surface area contributed by atoms with Crippen LogP contribution in [0, 0.1) is 17.3 Å². The van der Waals surface area contributed by atoms with Crippen LogP contribution in [0.3, 0.4) is 0 Å². The van der Waals surface area contributed by atoms with Gasteiger partial charge >= 0.3 is 0 Å². The minimum absolute atomic E-state index is 0.0151. The SMILES string of the molecule is CCCCCC(NC(=O)C1=C2CCC[C@H]2CN1C(=O)C(NC(=O)C(NC(=O)c1cnccn1)C(C)C)C(C)(C)C)C(=O)C(=O)N[C@H](C)CC. The van der Waals surface area contributed by atoms with Gasteiger partial charge in [-0.05, 0) is 55.9 Å². The Bertz CT molecular complexity index is 1400. The first-order valence-electron chi connectivity index (χ1n) is 17.7. The predicted molar refractivity (Wildman–Crippen MR) is 185 cm³/mol. The number of nitrogens with zero attached hydrogens (tertiary/aromatic N) is 3. The molecule has 3 unspecified atom stereocenters. The third kappa shape index (κ3) is 10.2. The summed E-state index contributed by atoms with van der Waals surface area (Å²) < 4.78 is 0. The summed E-state index contributed by atoms with van der Waals surface area (Å²) in [5, 5.41) is 11.1. The standard InChI is InChI=1S/C36H55N7O6/c1-9-11-12-16-25(29(44)34(48)39-22(5)10-2)40-33(47)28-24-15-13-14-23(24)20-43(28)35(49)30(36(6,7)8)42-32(46)27(21(3)4)41-31(45)26-19-37-17-18-38-26/h17-19,21-23,25,27,30H,9-16,20H2,1-8H3,(H,39,48)(H,40,47)(H,41,45)(H,42,46)/t22-,23+,25?,27?,30?/m1/s1. The fraction of sp³-hybridized carbons (Fsp3) is 0.667. The zero-order chi connectivity index (χ0) is 36.5. The van der Waals surface area contributed by atoms with E-state index in [0.29, 0.717) is 25.7 Å². The van der Waals surface area contributed by atoms with Crippen LogP contribution >= 0.6 is 0 Å². The van der Waals surface area contributed by atoms with Crippen molar-refractivity contribution in [1.29, 1.82) is 0 Å². The number of unbranched alkanes of at least 4 members (excludes halogenated alkanes) is 2. The molecule has 1 fully saturated rings. The Morgan fingerprint density at radius 3 is 2.24 bits per heavy atom. The summed E-state index contributed by atoms with van der Waals surface area (Å²) in [5.74, 6) is -3.95. The Morgan fingerprint density at radius 2 is 1.65 bits per heavy atom. The van der Waals surface area contributed by atoms with Gasteiger partial charge in [-0.2, -0.15) is 0 Å². The van der Waals surface area contributed by atoms with Gasteiger partial charge in [0.25, 0.3) is 17.7 Å². The zero-order valence-corrected chi connectivity index (χ0v) is 30.4. The van der Waals surface area contributed by atoms with Crippen molar-refractivity contribution in [2.75, 3.05) is 6.54 Å². The fourth-order valence-corrected chi connectivity index (χ4v) is 6.24. The maximum Gasteiger partial charge on any atom is 0.289 e. The van der Waals surface area contributed by atoms with Gasteiger partial charge in [0, 0.05) is 30.9 Å². The summed E-state index contributed by atoms with van der Waals surface area (Å²) in [5.41, 5.74) is 0.326. The van der Waals surface area contributed by atoms with Gasteiger partial charge in [0.05, 0.1) is 12.2 Å². The maximum absolute atomic E-state index is 14.5. The van der Waals surface area contributed by atoms with E-state index in [-0.39, 0.29) is 35.8 Å². The Balaban J connectivity index is 1.88.